The van der Waals surface area contributed by atoms with Gasteiger partial charge in [0.1, 0.15) is 11.3 Å². The molecular formula is C17H23N4O3Si. The fourth-order valence-electron chi connectivity index (χ4n) is 3.07. The maximum atomic E-state index is 11.3. The quantitative estimate of drug-likeness (QED) is 0.723. The third kappa shape index (κ3) is 3.91. The lowest BCUT2D eigenvalue weighted by atomic mass is 10.1. The van der Waals surface area contributed by atoms with Gasteiger partial charge in [0.15, 0.2) is 11.3 Å². The lowest BCUT2D eigenvalue weighted by molar-refractivity contribution is -0.0556. The molecule has 0 spiro atoms. The van der Waals surface area contributed by atoms with Gasteiger partial charge in [-0.3, -0.25) is 4.90 Å². The van der Waals surface area contributed by atoms with Crippen LogP contribution in [-0.4, -0.2) is 67.1 Å². The van der Waals surface area contributed by atoms with Crippen LogP contribution in [0.3, 0.4) is 0 Å². The smallest absolute Gasteiger partial charge is 0.354 e. The van der Waals surface area contributed by atoms with Crippen molar-refractivity contribution in [2.24, 2.45) is 0 Å². The number of aromatic carboxylic acids is 1. The highest BCUT2D eigenvalue weighted by Crippen LogP contribution is 2.26. The van der Waals surface area contributed by atoms with Crippen molar-refractivity contribution in [1.82, 2.24) is 19.4 Å². The zero-order chi connectivity index (χ0) is 18.0. The van der Waals surface area contributed by atoms with Crippen LogP contribution in [0.25, 0.3) is 11.2 Å². The van der Waals surface area contributed by atoms with Gasteiger partial charge in [-0.2, -0.15) is 0 Å². The highest BCUT2D eigenvalue weighted by Gasteiger charge is 2.27. The van der Waals surface area contributed by atoms with Crippen LogP contribution < -0.4 is 0 Å². The molecule has 8 heteroatoms. The number of nitrogens with zero attached hydrogens (tertiary/aromatic N) is 4. The van der Waals surface area contributed by atoms with E-state index in [1.807, 2.05) is 4.57 Å². The van der Waals surface area contributed by atoms with Gasteiger partial charge in [0.2, 0.25) is 0 Å². The predicted octanol–water partition coefficient (Wildman–Crippen LogP) is 1.72. The Hall–Kier alpha value is -1.77. The minimum Gasteiger partial charge on any atom is -0.477 e. The first kappa shape index (κ1) is 18.0. The first-order valence-corrected chi connectivity index (χ1v) is 9.18. The third-order valence-corrected chi connectivity index (χ3v) is 5.02. The van der Waals surface area contributed by atoms with E-state index in [-0.39, 0.29) is 17.3 Å². The largest absolute Gasteiger partial charge is 0.477 e. The molecule has 7 nitrogen and oxygen atoms in total. The van der Waals surface area contributed by atoms with Crippen LogP contribution >= 0.6 is 0 Å². The lowest BCUT2D eigenvalue weighted by Gasteiger charge is -2.32. The monoisotopic (exact) mass is 359 g/mol. The second-order valence-electron chi connectivity index (χ2n) is 6.53. The highest BCUT2D eigenvalue weighted by atomic mass is 28.1. The summed E-state index contributed by atoms with van der Waals surface area (Å²) in [4.78, 5) is 22.5. The van der Waals surface area contributed by atoms with Crippen molar-refractivity contribution in [1.29, 1.82) is 0 Å². The van der Waals surface area contributed by atoms with Gasteiger partial charge in [0, 0.05) is 23.4 Å². The molecule has 2 aromatic heterocycles. The molecule has 0 saturated carbocycles. The Morgan fingerprint density at radius 1 is 1.52 bits per heavy atom. The van der Waals surface area contributed by atoms with E-state index in [1.165, 1.54) is 6.07 Å². The van der Waals surface area contributed by atoms with Crippen molar-refractivity contribution < 1.29 is 14.6 Å². The number of hydrogen-bond donors (Lipinski definition) is 1. The summed E-state index contributed by atoms with van der Waals surface area (Å²) < 4.78 is 7.59. The van der Waals surface area contributed by atoms with E-state index in [4.69, 9.17) is 9.72 Å². The average Bonchev–Trinajstić information content (AvgIpc) is 2.82. The Balaban J connectivity index is 1.96. The second-order valence-corrected chi connectivity index (χ2v) is 7.27. The number of pyridine rings is 1. The van der Waals surface area contributed by atoms with Gasteiger partial charge in [-0.05, 0) is 44.1 Å². The summed E-state index contributed by atoms with van der Waals surface area (Å²) in [5, 5.41) is 9.24. The van der Waals surface area contributed by atoms with Crippen molar-refractivity contribution in [2.45, 2.75) is 44.5 Å². The summed E-state index contributed by atoms with van der Waals surface area (Å²) >= 11 is 0. The van der Waals surface area contributed by atoms with Crippen molar-refractivity contribution in [3.63, 3.8) is 0 Å². The first-order valence-electron chi connectivity index (χ1n) is 8.60. The van der Waals surface area contributed by atoms with Crippen molar-refractivity contribution in [3.8, 4) is 0 Å². The normalized spacial score (nSPS) is 18.5. The van der Waals surface area contributed by atoms with Crippen molar-refractivity contribution in [3.05, 3.63) is 23.7 Å². The highest BCUT2D eigenvalue weighted by molar-refractivity contribution is 6.12. The van der Waals surface area contributed by atoms with Gasteiger partial charge in [0.05, 0.1) is 12.6 Å². The minimum atomic E-state index is -1.03. The van der Waals surface area contributed by atoms with Gasteiger partial charge in [-0.15, -0.1) is 0 Å². The van der Waals surface area contributed by atoms with E-state index in [1.54, 1.807) is 6.07 Å². The molecule has 1 unspecified atom stereocenters. The lowest BCUT2D eigenvalue weighted by Crippen LogP contribution is -2.34. The number of rotatable bonds is 8. The SMILES string of the molecule is CCCN(C)Cc1nc2ccc(C(=O)O)nc2n1CC([Si])[C@@H]1CCO1. The van der Waals surface area contributed by atoms with Crippen molar-refractivity contribution >= 4 is 27.4 Å². The van der Waals surface area contributed by atoms with E-state index in [0.717, 1.165) is 37.3 Å². The summed E-state index contributed by atoms with van der Waals surface area (Å²) in [5.74, 6) is -0.139. The molecule has 2 aromatic rings. The third-order valence-electron chi connectivity index (χ3n) is 4.47. The number of carbonyl (C=O) groups is 1. The minimum absolute atomic E-state index is 0.0347. The van der Waals surface area contributed by atoms with Gasteiger partial charge in [-0.1, -0.05) is 6.92 Å². The van der Waals surface area contributed by atoms with Crippen LogP contribution in [0.1, 0.15) is 36.1 Å². The maximum Gasteiger partial charge on any atom is 0.354 e. The van der Waals surface area contributed by atoms with Gasteiger partial charge in [-0.25, -0.2) is 14.8 Å². The first-order chi connectivity index (χ1) is 12.0. The number of carboxylic acid groups (broad SMARTS) is 1. The molecule has 2 atom stereocenters. The molecule has 3 heterocycles. The Bertz CT molecular complexity index is 760. The molecule has 25 heavy (non-hydrogen) atoms. The van der Waals surface area contributed by atoms with Crippen LogP contribution in [0.4, 0.5) is 0 Å². The Morgan fingerprint density at radius 2 is 2.28 bits per heavy atom. The average molecular weight is 359 g/mol. The van der Waals surface area contributed by atoms with Crippen LogP contribution in [0, 0.1) is 0 Å². The summed E-state index contributed by atoms with van der Waals surface area (Å²) in [7, 11) is 5.83. The van der Waals surface area contributed by atoms with Gasteiger partial charge >= 0.3 is 5.97 Å². The number of hydrogen-bond acceptors (Lipinski definition) is 5. The number of fused-ring (bicyclic) bond motifs is 1. The molecule has 1 saturated heterocycles. The molecular weight excluding hydrogens is 336 g/mol. The molecule has 1 fully saturated rings. The topological polar surface area (TPSA) is 80.5 Å². The van der Waals surface area contributed by atoms with Crippen LogP contribution in [0.15, 0.2) is 12.1 Å². The predicted molar refractivity (Wildman–Crippen MR) is 95.0 cm³/mol. The molecule has 1 N–H and O–H groups in total. The fourth-order valence-corrected chi connectivity index (χ4v) is 3.51. The summed E-state index contributed by atoms with van der Waals surface area (Å²) in [6, 6.07) is 3.23. The van der Waals surface area contributed by atoms with E-state index >= 15 is 0 Å². The molecule has 0 aliphatic carbocycles. The van der Waals surface area contributed by atoms with E-state index in [9.17, 15) is 9.90 Å². The molecule has 1 aliphatic rings. The van der Waals surface area contributed by atoms with Crippen LogP contribution in [0.5, 0.6) is 0 Å². The van der Waals surface area contributed by atoms with Crippen molar-refractivity contribution in [2.75, 3.05) is 20.2 Å². The Labute approximate surface area is 150 Å². The maximum absolute atomic E-state index is 11.3. The molecule has 1 aliphatic heterocycles. The van der Waals surface area contributed by atoms with Gasteiger partial charge < -0.3 is 14.4 Å². The van der Waals surface area contributed by atoms with Crippen LogP contribution in [-0.2, 0) is 17.8 Å². The molecule has 3 rings (SSSR count). The molecule has 0 aromatic carbocycles. The zero-order valence-corrected chi connectivity index (χ0v) is 15.6. The summed E-state index contributed by atoms with van der Waals surface area (Å²) in [6.45, 7) is 5.24. The fraction of sp³-hybridized carbons (Fsp3) is 0.588. The number of carboxylic acids is 1. The molecule has 3 radical (unpaired) electrons. The number of aromatic nitrogens is 3. The number of imidazole rings is 1. The Morgan fingerprint density at radius 3 is 2.88 bits per heavy atom. The molecule has 0 amide bonds. The summed E-state index contributed by atoms with van der Waals surface area (Å²) in [6.07, 6.45) is 2.27. The van der Waals surface area contributed by atoms with E-state index < -0.39 is 5.97 Å². The molecule has 0 bridgehead atoms. The van der Waals surface area contributed by atoms with E-state index in [2.05, 4.69) is 34.1 Å². The van der Waals surface area contributed by atoms with E-state index in [0.29, 0.717) is 18.7 Å². The number of ether oxygens (including phenoxy) is 1. The zero-order valence-electron chi connectivity index (χ0n) is 14.6. The standard InChI is InChI=1S/C17H23N4O3Si/c1-3-7-20(2)10-15-18-11-4-5-12(17(22)23)19-16(11)21(15)9-14(25)13-6-8-24-13/h4-5,13-14H,3,6-10H2,1-2H3,(H,22,23)/t13-,14?/m0/s1. The molecule has 133 valence electrons. The van der Waals surface area contributed by atoms with Gasteiger partial charge in [0.25, 0.3) is 0 Å². The second kappa shape index (κ2) is 7.63. The van der Waals surface area contributed by atoms with Crippen LogP contribution in [0.2, 0.25) is 5.54 Å². The Kier molecular flexibility index (Phi) is 5.50. The summed E-state index contributed by atoms with van der Waals surface area (Å²) in [5.41, 5.74) is 1.50.